The van der Waals surface area contributed by atoms with Gasteiger partial charge in [0, 0.05) is 24.7 Å². The summed E-state index contributed by atoms with van der Waals surface area (Å²) in [6.45, 7) is 0.301. The van der Waals surface area contributed by atoms with Crippen molar-refractivity contribution >= 4 is 39.1 Å². The third-order valence-corrected chi connectivity index (χ3v) is 8.35. The molecule has 1 amide bonds. The van der Waals surface area contributed by atoms with Crippen molar-refractivity contribution < 1.29 is 26.8 Å². The molecule has 1 fully saturated rings. The number of furan rings is 1. The van der Waals surface area contributed by atoms with E-state index in [4.69, 9.17) is 32.4 Å². The molecule has 0 aliphatic carbocycles. The van der Waals surface area contributed by atoms with Gasteiger partial charge in [0.05, 0.1) is 30.5 Å². The Kier molecular flexibility index (Phi) is 8.69. The summed E-state index contributed by atoms with van der Waals surface area (Å²) in [7, 11) is -4.19. The molecule has 0 bridgehead atoms. The molecule has 3 aromatic rings. The molecule has 2 aromatic carbocycles. The first kappa shape index (κ1) is 26.6. The molecule has 1 aliphatic rings. The van der Waals surface area contributed by atoms with E-state index in [9.17, 15) is 17.6 Å². The summed E-state index contributed by atoms with van der Waals surface area (Å²) in [6, 6.07) is 13.3. The number of carbonyl (C=O) groups is 1. The largest absolute Gasteiger partial charge is 0.467 e. The van der Waals surface area contributed by atoms with Crippen LogP contribution < -0.4 is 0 Å². The van der Waals surface area contributed by atoms with Crippen LogP contribution in [0.25, 0.3) is 0 Å². The Hall–Kier alpha value is -2.43. The number of carbonyl (C=O) groups excluding carboxylic acids is 1. The van der Waals surface area contributed by atoms with Crippen LogP contribution in [0, 0.1) is 5.82 Å². The molecule has 4 rings (SSSR count). The zero-order chi connectivity index (χ0) is 25.7. The third kappa shape index (κ3) is 6.66. The number of rotatable bonds is 10. The van der Waals surface area contributed by atoms with E-state index >= 15 is 0 Å². The Morgan fingerprint density at radius 1 is 1.08 bits per heavy atom. The van der Waals surface area contributed by atoms with E-state index in [1.165, 1.54) is 41.5 Å². The Balaban J connectivity index is 1.62. The zero-order valence-electron chi connectivity index (χ0n) is 19.3. The Morgan fingerprint density at radius 3 is 2.53 bits per heavy atom. The van der Waals surface area contributed by atoms with E-state index in [1.54, 1.807) is 24.3 Å². The topological polar surface area (TPSA) is 80.1 Å². The van der Waals surface area contributed by atoms with Gasteiger partial charge in [-0.2, -0.15) is 4.31 Å². The van der Waals surface area contributed by atoms with Crippen molar-refractivity contribution in [2.75, 3.05) is 19.7 Å². The van der Waals surface area contributed by atoms with Gasteiger partial charge in [-0.1, -0.05) is 35.3 Å². The minimum Gasteiger partial charge on any atom is -0.467 e. The maximum absolute atomic E-state index is 13.7. The molecule has 192 valence electrons. The van der Waals surface area contributed by atoms with Crippen LogP contribution in [0.15, 0.2) is 70.2 Å². The van der Waals surface area contributed by atoms with Gasteiger partial charge in [-0.05, 0) is 60.9 Å². The van der Waals surface area contributed by atoms with Gasteiger partial charge >= 0.3 is 0 Å². The van der Waals surface area contributed by atoms with E-state index in [0.29, 0.717) is 24.4 Å². The fourth-order valence-corrected chi connectivity index (χ4v) is 6.12. The molecular formula is C25H25Cl2FN2O5S. The van der Waals surface area contributed by atoms with Crippen LogP contribution in [-0.2, 0) is 32.6 Å². The standard InChI is InChI=1S/C25H25Cl2FN2O5S/c26-19-7-10-23(27)24(13-19)36(32,33)30(16-22-4-2-12-35-22)17-25(31)29(15-21-3-1-11-34-21)14-18-5-8-20(28)9-6-18/h1,3,5-11,13,22H,2,4,12,14-17H2/t22-/m1/s1. The van der Waals surface area contributed by atoms with Crippen LogP contribution in [0.2, 0.25) is 10.0 Å². The number of hydrogen-bond donors (Lipinski definition) is 0. The monoisotopic (exact) mass is 554 g/mol. The first-order valence-electron chi connectivity index (χ1n) is 11.3. The molecule has 7 nitrogen and oxygen atoms in total. The normalized spacial score (nSPS) is 15.9. The van der Waals surface area contributed by atoms with Gasteiger partial charge in [0.2, 0.25) is 15.9 Å². The number of hydrogen-bond acceptors (Lipinski definition) is 5. The van der Waals surface area contributed by atoms with Gasteiger partial charge in [0.1, 0.15) is 16.5 Å². The SMILES string of the molecule is O=C(CN(C[C@H]1CCCO1)S(=O)(=O)c1cc(Cl)ccc1Cl)N(Cc1ccc(F)cc1)Cc1ccco1. The lowest BCUT2D eigenvalue weighted by Crippen LogP contribution is -2.45. The molecule has 1 atom stereocenters. The number of halogens is 3. The summed E-state index contributed by atoms with van der Waals surface area (Å²) in [5.41, 5.74) is 0.683. The quantitative estimate of drug-likeness (QED) is 0.347. The highest BCUT2D eigenvalue weighted by molar-refractivity contribution is 7.89. The second-order valence-electron chi connectivity index (χ2n) is 8.46. The van der Waals surface area contributed by atoms with Crippen molar-refractivity contribution in [3.63, 3.8) is 0 Å². The van der Waals surface area contributed by atoms with Crippen LogP contribution in [0.3, 0.4) is 0 Å². The number of ether oxygens (including phenoxy) is 1. The molecule has 1 aliphatic heterocycles. The first-order chi connectivity index (χ1) is 17.2. The molecule has 0 saturated carbocycles. The fraction of sp³-hybridized carbons (Fsp3) is 0.320. The van der Waals surface area contributed by atoms with Gasteiger partial charge in [0.25, 0.3) is 0 Å². The third-order valence-electron chi connectivity index (χ3n) is 5.82. The molecule has 1 saturated heterocycles. The van der Waals surface area contributed by atoms with Crippen LogP contribution in [-0.4, -0.2) is 49.3 Å². The summed E-state index contributed by atoms with van der Waals surface area (Å²) in [6.07, 6.45) is 2.63. The van der Waals surface area contributed by atoms with Crippen molar-refractivity contribution in [3.8, 4) is 0 Å². The van der Waals surface area contributed by atoms with Crippen LogP contribution >= 0.6 is 23.2 Å². The van der Waals surface area contributed by atoms with E-state index in [0.717, 1.165) is 10.7 Å². The van der Waals surface area contributed by atoms with Crippen molar-refractivity contribution in [3.05, 3.63) is 88.0 Å². The molecule has 0 spiro atoms. The highest BCUT2D eigenvalue weighted by atomic mass is 35.5. The van der Waals surface area contributed by atoms with Gasteiger partial charge in [0.15, 0.2) is 0 Å². The highest BCUT2D eigenvalue weighted by Gasteiger charge is 2.33. The molecule has 0 N–H and O–H groups in total. The zero-order valence-corrected chi connectivity index (χ0v) is 21.6. The molecular weight excluding hydrogens is 530 g/mol. The summed E-state index contributed by atoms with van der Waals surface area (Å²) in [4.78, 5) is 14.8. The van der Waals surface area contributed by atoms with Crippen molar-refractivity contribution in [1.82, 2.24) is 9.21 Å². The lowest BCUT2D eigenvalue weighted by molar-refractivity contribution is -0.133. The highest BCUT2D eigenvalue weighted by Crippen LogP contribution is 2.29. The molecule has 11 heteroatoms. The molecule has 0 radical (unpaired) electrons. The molecule has 36 heavy (non-hydrogen) atoms. The average molecular weight is 555 g/mol. The van der Waals surface area contributed by atoms with Crippen molar-refractivity contribution in [1.29, 1.82) is 0 Å². The predicted octanol–water partition coefficient (Wildman–Crippen LogP) is 5.12. The van der Waals surface area contributed by atoms with Crippen LogP contribution in [0.5, 0.6) is 0 Å². The molecule has 1 aromatic heterocycles. The van der Waals surface area contributed by atoms with Crippen LogP contribution in [0.4, 0.5) is 4.39 Å². The lowest BCUT2D eigenvalue weighted by atomic mass is 10.2. The average Bonchev–Trinajstić information content (AvgIpc) is 3.55. The lowest BCUT2D eigenvalue weighted by Gasteiger charge is -2.28. The number of sulfonamides is 1. The van der Waals surface area contributed by atoms with Crippen molar-refractivity contribution in [2.24, 2.45) is 0 Å². The van der Waals surface area contributed by atoms with Crippen molar-refractivity contribution in [2.45, 2.75) is 36.9 Å². The minimum absolute atomic E-state index is 0.00273. The van der Waals surface area contributed by atoms with E-state index in [2.05, 4.69) is 0 Å². The molecule has 2 heterocycles. The maximum Gasteiger partial charge on any atom is 0.245 e. The number of benzene rings is 2. The van der Waals surface area contributed by atoms with E-state index < -0.39 is 28.3 Å². The second kappa shape index (κ2) is 11.7. The Morgan fingerprint density at radius 2 is 1.86 bits per heavy atom. The summed E-state index contributed by atoms with van der Waals surface area (Å²) in [5.74, 6) is -0.331. The number of amides is 1. The second-order valence-corrected chi connectivity index (χ2v) is 11.2. The molecule has 0 unspecified atom stereocenters. The smallest absolute Gasteiger partial charge is 0.245 e. The summed E-state index contributed by atoms with van der Waals surface area (Å²) < 4.78 is 52.9. The minimum atomic E-state index is -4.19. The van der Waals surface area contributed by atoms with E-state index in [-0.39, 0.29) is 40.7 Å². The number of nitrogens with zero attached hydrogens (tertiary/aromatic N) is 2. The Bertz CT molecular complexity index is 1280. The maximum atomic E-state index is 13.7. The van der Waals surface area contributed by atoms with Gasteiger partial charge in [-0.3, -0.25) is 4.79 Å². The van der Waals surface area contributed by atoms with Crippen LogP contribution in [0.1, 0.15) is 24.2 Å². The first-order valence-corrected chi connectivity index (χ1v) is 13.5. The van der Waals surface area contributed by atoms with Gasteiger partial charge in [-0.15, -0.1) is 0 Å². The fourth-order valence-electron chi connectivity index (χ4n) is 3.96. The summed E-state index contributed by atoms with van der Waals surface area (Å²) >= 11 is 12.3. The van der Waals surface area contributed by atoms with E-state index in [1.807, 2.05) is 0 Å². The van der Waals surface area contributed by atoms with Gasteiger partial charge in [-0.25, -0.2) is 12.8 Å². The van der Waals surface area contributed by atoms with Gasteiger partial charge < -0.3 is 14.1 Å². The Labute approximate surface area is 219 Å². The summed E-state index contributed by atoms with van der Waals surface area (Å²) in [5, 5.41) is 0.208. The predicted molar refractivity (Wildman–Crippen MR) is 134 cm³/mol.